The molecule has 0 aromatic heterocycles. The van der Waals surface area contributed by atoms with Crippen LogP contribution in [0.4, 0.5) is 0 Å². The van der Waals surface area contributed by atoms with Crippen LogP contribution in [0, 0.1) is 5.92 Å². The third-order valence-electron chi connectivity index (χ3n) is 4.49. The molecule has 2 fully saturated rings. The molecule has 2 atom stereocenters. The zero-order chi connectivity index (χ0) is 13.0. The highest BCUT2D eigenvalue weighted by Gasteiger charge is 2.32. The Morgan fingerprint density at radius 2 is 2.00 bits per heavy atom. The van der Waals surface area contributed by atoms with Crippen LogP contribution in [0.3, 0.4) is 0 Å². The van der Waals surface area contributed by atoms with Crippen LogP contribution in [0.1, 0.15) is 51.9 Å². The summed E-state index contributed by atoms with van der Waals surface area (Å²) in [6.45, 7) is 3.40. The minimum absolute atomic E-state index is 0.0689. The topological polar surface area (TPSA) is 61.4 Å². The molecule has 2 unspecified atom stereocenters. The number of carbonyl (C=O) groups is 1. The molecule has 104 valence electrons. The Morgan fingerprint density at radius 3 is 2.56 bits per heavy atom. The summed E-state index contributed by atoms with van der Waals surface area (Å²) in [5, 5.41) is 16.7. The second kappa shape index (κ2) is 6.02. The lowest BCUT2D eigenvalue weighted by Crippen LogP contribution is -2.46. The standard InChI is InChI=1S/C14H26N2O2/c1-11-12(6-9-15-11)13(17)16-10-14(18)7-4-2-3-5-8-14/h11-12,15,18H,2-10H2,1H3,(H,16,17). The van der Waals surface area contributed by atoms with Crippen molar-refractivity contribution in [1.29, 1.82) is 0 Å². The number of nitrogens with one attached hydrogen (secondary N) is 2. The molecule has 2 rings (SSSR count). The first-order valence-electron chi connectivity index (χ1n) is 7.34. The van der Waals surface area contributed by atoms with Crippen LogP contribution in [-0.2, 0) is 4.79 Å². The van der Waals surface area contributed by atoms with E-state index in [1.54, 1.807) is 0 Å². The van der Waals surface area contributed by atoms with Gasteiger partial charge in [-0.2, -0.15) is 0 Å². The van der Waals surface area contributed by atoms with Crippen molar-refractivity contribution in [2.75, 3.05) is 13.1 Å². The van der Waals surface area contributed by atoms with Gasteiger partial charge < -0.3 is 15.7 Å². The lowest BCUT2D eigenvalue weighted by Gasteiger charge is -2.28. The van der Waals surface area contributed by atoms with Crippen molar-refractivity contribution < 1.29 is 9.90 Å². The zero-order valence-corrected chi connectivity index (χ0v) is 11.4. The van der Waals surface area contributed by atoms with Crippen LogP contribution in [-0.4, -0.2) is 35.7 Å². The van der Waals surface area contributed by atoms with Crippen LogP contribution in [0.2, 0.25) is 0 Å². The Balaban J connectivity index is 1.80. The molecule has 1 heterocycles. The van der Waals surface area contributed by atoms with Gasteiger partial charge in [-0.3, -0.25) is 4.79 Å². The Bertz CT molecular complexity index is 286. The SMILES string of the molecule is CC1NCCC1C(=O)NCC1(O)CCCCCC1. The van der Waals surface area contributed by atoms with Crippen molar-refractivity contribution in [3.05, 3.63) is 0 Å². The molecule has 0 radical (unpaired) electrons. The molecule has 4 nitrogen and oxygen atoms in total. The van der Waals surface area contributed by atoms with Crippen molar-refractivity contribution in [3.63, 3.8) is 0 Å². The molecule has 1 saturated heterocycles. The fourth-order valence-electron chi connectivity index (χ4n) is 3.16. The van der Waals surface area contributed by atoms with Gasteiger partial charge in [0.25, 0.3) is 0 Å². The molecular formula is C14H26N2O2. The number of aliphatic hydroxyl groups is 1. The van der Waals surface area contributed by atoms with Crippen molar-refractivity contribution >= 4 is 5.91 Å². The van der Waals surface area contributed by atoms with Gasteiger partial charge in [0, 0.05) is 12.6 Å². The minimum atomic E-state index is -0.665. The molecule has 1 amide bonds. The molecule has 2 aliphatic rings. The number of carbonyl (C=O) groups excluding carboxylic acids is 1. The Kier molecular flexibility index (Phi) is 4.62. The highest BCUT2D eigenvalue weighted by atomic mass is 16.3. The van der Waals surface area contributed by atoms with E-state index in [-0.39, 0.29) is 17.9 Å². The zero-order valence-electron chi connectivity index (χ0n) is 11.4. The van der Waals surface area contributed by atoms with Crippen LogP contribution < -0.4 is 10.6 Å². The van der Waals surface area contributed by atoms with Gasteiger partial charge in [0.2, 0.25) is 5.91 Å². The maximum absolute atomic E-state index is 12.1. The third kappa shape index (κ3) is 3.45. The fraction of sp³-hybridized carbons (Fsp3) is 0.929. The Hall–Kier alpha value is -0.610. The second-order valence-electron chi connectivity index (χ2n) is 5.99. The molecule has 0 bridgehead atoms. The molecular weight excluding hydrogens is 228 g/mol. The molecule has 1 saturated carbocycles. The molecule has 4 heteroatoms. The van der Waals surface area contributed by atoms with Crippen molar-refractivity contribution in [2.45, 2.75) is 63.5 Å². The second-order valence-corrected chi connectivity index (χ2v) is 5.99. The summed E-state index contributed by atoms with van der Waals surface area (Å²) in [5.41, 5.74) is -0.665. The van der Waals surface area contributed by atoms with Crippen LogP contribution in [0.5, 0.6) is 0 Å². The van der Waals surface area contributed by atoms with Crippen molar-refractivity contribution in [3.8, 4) is 0 Å². The quantitative estimate of drug-likeness (QED) is 0.663. The first-order valence-corrected chi connectivity index (χ1v) is 7.34. The summed E-state index contributed by atoms with van der Waals surface area (Å²) >= 11 is 0. The third-order valence-corrected chi connectivity index (χ3v) is 4.49. The first-order chi connectivity index (χ1) is 8.61. The lowest BCUT2D eigenvalue weighted by molar-refractivity contribution is -0.126. The van der Waals surface area contributed by atoms with E-state index in [9.17, 15) is 9.90 Å². The average molecular weight is 254 g/mol. The molecule has 1 aliphatic heterocycles. The Morgan fingerprint density at radius 1 is 1.33 bits per heavy atom. The van der Waals surface area contributed by atoms with E-state index in [0.717, 1.165) is 38.6 Å². The van der Waals surface area contributed by atoms with E-state index in [1.807, 2.05) is 0 Å². The van der Waals surface area contributed by atoms with E-state index < -0.39 is 5.60 Å². The van der Waals surface area contributed by atoms with Gasteiger partial charge >= 0.3 is 0 Å². The molecule has 0 spiro atoms. The predicted molar refractivity (Wildman–Crippen MR) is 71.2 cm³/mol. The Labute approximate surface area is 110 Å². The van der Waals surface area contributed by atoms with Crippen LogP contribution in [0.25, 0.3) is 0 Å². The van der Waals surface area contributed by atoms with Gasteiger partial charge in [-0.05, 0) is 32.7 Å². The summed E-state index contributed by atoms with van der Waals surface area (Å²) in [6.07, 6.45) is 7.13. The normalized spacial score (nSPS) is 31.9. The number of rotatable bonds is 3. The lowest BCUT2D eigenvalue weighted by atomic mass is 9.93. The molecule has 1 aliphatic carbocycles. The van der Waals surface area contributed by atoms with Gasteiger partial charge in [-0.25, -0.2) is 0 Å². The maximum atomic E-state index is 12.1. The van der Waals surface area contributed by atoms with Crippen LogP contribution >= 0.6 is 0 Å². The number of hydrogen-bond acceptors (Lipinski definition) is 3. The van der Waals surface area contributed by atoms with E-state index in [1.165, 1.54) is 12.8 Å². The van der Waals surface area contributed by atoms with Gasteiger partial charge in [0.05, 0.1) is 11.5 Å². The van der Waals surface area contributed by atoms with Crippen molar-refractivity contribution in [1.82, 2.24) is 10.6 Å². The summed E-state index contributed by atoms with van der Waals surface area (Å²) in [4.78, 5) is 12.1. The van der Waals surface area contributed by atoms with E-state index in [0.29, 0.717) is 6.54 Å². The first kappa shape index (κ1) is 13.8. The van der Waals surface area contributed by atoms with Gasteiger partial charge in [0.15, 0.2) is 0 Å². The maximum Gasteiger partial charge on any atom is 0.224 e. The fourth-order valence-corrected chi connectivity index (χ4v) is 3.16. The molecule has 0 aromatic rings. The van der Waals surface area contributed by atoms with E-state index in [4.69, 9.17) is 0 Å². The molecule has 0 aromatic carbocycles. The van der Waals surface area contributed by atoms with E-state index >= 15 is 0 Å². The average Bonchev–Trinajstić information content (AvgIpc) is 2.65. The van der Waals surface area contributed by atoms with Gasteiger partial charge in [-0.1, -0.05) is 25.7 Å². The number of amides is 1. The molecule has 18 heavy (non-hydrogen) atoms. The van der Waals surface area contributed by atoms with Crippen molar-refractivity contribution in [2.24, 2.45) is 5.92 Å². The summed E-state index contributed by atoms with van der Waals surface area (Å²) in [7, 11) is 0. The molecule has 3 N–H and O–H groups in total. The minimum Gasteiger partial charge on any atom is -0.388 e. The summed E-state index contributed by atoms with van der Waals surface area (Å²) in [6, 6.07) is 0.258. The highest BCUT2D eigenvalue weighted by molar-refractivity contribution is 5.79. The van der Waals surface area contributed by atoms with Crippen LogP contribution in [0.15, 0.2) is 0 Å². The predicted octanol–water partition coefficient (Wildman–Crippen LogP) is 1.19. The largest absolute Gasteiger partial charge is 0.388 e. The smallest absolute Gasteiger partial charge is 0.224 e. The van der Waals surface area contributed by atoms with Gasteiger partial charge in [0.1, 0.15) is 0 Å². The monoisotopic (exact) mass is 254 g/mol. The van der Waals surface area contributed by atoms with Gasteiger partial charge in [-0.15, -0.1) is 0 Å². The number of hydrogen-bond donors (Lipinski definition) is 3. The summed E-state index contributed by atoms with van der Waals surface area (Å²) in [5.74, 6) is 0.171. The highest BCUT2D eigenvalue weighted by Crippen LogP contribution is 2.26. The summed E-state index contributed by atoms with van der Waals surface area (Å²) < 4.78 is 0. The van der Waals surface area contributed by atoms with E-state index in [2.05, 4.69) is 17.6 Å².